The Bertz CT molecular complexity index is 1040. The number of nitrogens with zero attached hydrogens (tertiary/aromatic N) is 1. The quantitative estimate of drug-likeness (QED) is 0.716. The molecular formula is C23H24N2O2S. The van der Waals surface area contributed by atoms with Gasteiger partial charge < -0.3 is 4.90 Å². The summed E-state index contributed by atoms with van der Waals surface area (Å²) in [5.41, 5.74) is 3.88. The largest absolute Gasteiger partial charge is 0.371 e. The highest BCUT2D eigenvalue weighted by Gasteiger charge is 2.25. The number of sulfonamides is 1. The Balaban J connectivity index is 1.69. The zero-order valence-corrected chi connectivity index (χ0v) is 16.5. The molecule has 0 aliphatic carbocycles. The van der Waals surface area contributed by atoms with E-state index in [9.17, 15) is 8.42 Å². The van der Waals surface area contributed by atoms with E-state index in [1.807, 2.05) is 42.5 Å². The van der Waals surface area contributed by atoms with Gasteiger partial charge in [0.15, 0.2) is 0 Å². The number of hydrogen-bond donors (Lipinski definition) is 1. The number of nitrogens with two attached hydrogens (primary N) is 1. The van der Waals surface area contributed by atoms with Crippen LogP contribution in [0.2, 0.25) is 0 Å². The molecule has 28 heavy (non-hydrogen) atoms. The van der Waals surface area contributed by atoms with Crippen LogP contribution < -0.4 is 10.0 Å². The minimum absolute atomic E-state index is 0.182. The van der Waals surface area contributed by atoms with Crippen LogP contribution in [0.1, 0.15) is 24.3 Å². The summed E-state index contributed by atoms with van der Waals surface area (Å²) >= 11 is 0. The topological polar surface area (TPSA) is 63.4 Å². The van der Waals surface area contributed by atoms with Crippen molar-refractivity contribution in [3.63, 3.8) is 0 Å². The molecule has 1 heterocycles. The van der Waals surface area contributed by atoms with Gasteiger partial charge in [0, 0.05) is 24.3 Å². The van der Waals surface area contributed by atoms with Gasteiger partial charge in [-0.1, -0.05) is 66.7 Å². The molecule has 1 fully saturated rings. The average Bonchev–Trinajstić information content (AvgIpc) is 2.74. The first kappa shape index (κ1) is 18.7. The van der Waals surface area contributed by atoms with E-state index in [4.69, 9.17) is 5.14 Å². The van der Waals surface area contributed by atoms with Gasteiger partial charge in [-0.15, -0.1) is 0 Å². The van der Waals surface area contributed by atoms with Crippen LogP contribution in [-0.2, 0) is 10.0 Å². The Morgan fingerprint density at radius 3 is 2.00 bits per heavy atom. The normalized spacial score (nSPS) is 15.5. The fourth-order valence-corrected chi connectivity index (χ4v) is 4.87. The molecule has 0 unspecified atom stereocenters. The number of hydrogen-bond acceptors (Lipinski definition) is 3. The third-order valence-electron chi connectivity index (χ3n) is 5.48. The van der Waals surface area contributed by atoms with Gasteiger partial charge >= 0.3 is 0 Å². The summed E-state index contributed by atoms with van der Waals surface area (Å²) in [5.74, 6) is 0.541. The Morgan fingerprint density at radius 2 is 1.39 bits per heavy atom. The van der Waals surface area contributed by atoms with E-state index in [1.165, 1.54) is 5.56 Å². The highest BCUT2D eigenvalue weighted by molar-refractivity contribution is 7.89. The minimum Gasteiger partial charge on any atom is -0.371 e. The van der Waals surface area contributed by atoms with Crippen LogP contribution in [0.5, 0.6) is 0 Å². The van der Waals surface area contributed by atoms with Crippen LogP contribution in [-0.4, -0.2) is 21.5 Å². The van der Waals surface area contributed by atoms with Crippen molar-refractivity contribution in [1.29, 1.82) is 0 Å². The van der Waals surface area contributed by atoms with Gasteiger partial charge in [-0.3, -0.25) is 0 Å². The molecule has 0 aromatic heterocycles. The molecule has 1 aliphatic rings. The third kappa shape index (κ3) is 3.81. The average molecular weight is 393 g/mol. The number of rotatable bonds is 4. The molecule has 2 N–H and O–H groups in total. The van der Waals surface area contributed by atoms with E-state index in [-0.39, 0.29) is 4.90 Å². The summed E-state index contributed by atoms with van der Waals surface area (Å²) in [6.45, 7) is 1.76. The first-order valence-electron chi connectivity index (χ1n) is 9.55. The molecule has 1 aliphatic heterocycles. The van der Waals surface area contributed by atoms with Gasteiger partial charge in [0.2, 0.25) is 10.0 Å². The van der Waals surface area contributed by atoms with Crippen LogP contribution >= 0.6 is 0 Å². The lowest BCUT2D eigenvalue weighted by molar-refractivity contribution is 0.505. The van der Waals surface area contributed by atoms with Crippen LogP contribution in [0, 0.1) is 0 Å². The van der Waals surface area contributed by atoms with Crippen molar-refractivity contribution in [2.45, 2.75) is 23.7 Å². The van der Waals surface area contributed by atoms with Gasteiger partial charge in [0.05, 0.1) is 4.90 Å². The first-order valence-corrected chi connectivity index (χ1v) is 11.1. The van der Waals surface area contributed by atoms with Crippen molar-refractivity contribution < 1.29 is 8.42 Å². The smallest absolute Gasteiger partial charge is 0.238 e. The molecule has 4 nitrogen and oxygen atoms in total. The summed E-state index contributed by atoms with van der Waals surface area (Å²) in [5, 5.41) is 5.55. The van der Waals surface area contributed by atoms with E-state index in [1.54, 1.807) is 12.1 Å². The lowest BCUT2D eigenvalue weighted by atomic mass is 9.89. The first-order chi connectivity index (χ1) is 13.5. The number of benzene rings is 3. The molecule has 4 rings (SSSR count). The SMILES string of the molecule is NS(=O)(=O)c1cccc(N2CCC(c3ccccc3)CC2)c1-c1ccccc1. The van der Waals surface area contributed by atoms with E-state index in [0.717, 1.165) is 37.2 Å². The lowest BCUT2D eigenvalue weighted by Crippen LogP contribution is -2.33. The number of primary sulfonamides is 1. The van der Waals surface area contributed by atoms with Crippen molar-refractivity contribution in [1.82, 2.24) is 0 Å². The monoisotopic (exact) mass is 392 g/mol. The van der Waals surface area contributed by atoms with Crippen molar-refractivity contribution in [3.8, 4) is 11.1 Å². The second-order valence-corrected chi connectivity index (χ2v) is 8.76. The minimum atomic E-state index is -3.82. The van der Waals surface area contributed by atoms with Gasteiger partial charge in [0.1, 0.15) is 0 Å². The van der Waals surface area contributed by atoms with Gasteiger partial charge in [-0.05, 0) is 42.0 Å². The molecule has 0 spiro atoms. The fraction of sp³-hybridized carbons (Fsp3) is 0.217. The Morgan fingerprint density at radius 1 is 0.786 bits per heavy atom. The van der Waals surface area contributed by atoms with Crippen LogP contribution in [0.15, 0.2) is 83.8 Å². The summed E-state index contributed by atoms with van der Waals surface area (Å²) in [7, 11) is -3.82. The zero-order chi connectivity index (χ0) is 19.6. The predicted molar refractivity (Wildman–Crippen MR) is 114 cm³/mol. The fourth-order valence-electron chi connectivity index (χ4n) is 4.09. The Kier molecular flexibility index (Phi) is 5.20. The van der Waals surface area contributed by atoms with Gasteiger partial charge in [-0.25, -0.2) is 13.6 Å². The molecule has 144 valence electrons. The third-order valence-corrected chi connectivity index (χ3v) is 6.43. The maximum atomic E-state index is 12.3. The maximum Gasteiger partial charge on any atom is 0.238 e. The summed E-state index contributed by atoms with van der Waals surface area (Å²) in [6, 6.07) is 25.6. The Hall–Kier alpha value is -2.63. The number of anilines is 1. The molecule has 1 saturated heterocycles. The molecule has 0 amide bonds. The molecule has 5 heteroatoms. The van der Waals surface area contributed by atoms with Crippen LogP contribution in [0.3, 0.4) is 0 Å². The standard InChI is InChI=1S/C23H24N2O2S/c24-28(26,27)22-13-7-12-21(23(22)20-10-5-2-6-11-20)25-16-14-19(15-17-25)18-8-3-1-4-9-18/h1-13,19H,14-17H2,(H2,24,26,27). The van der Waals surface area contributed by atoms with Crippen molar-refractivity contribution in [2.24, 2.45) is 5.14 Å². The van der Waals surface area contributed by atoms with Crippen molar-refractivity contribution >= 4 is 15.7 Å². The highest BCUT2D eigenvalue weighted by atomic mass is 32.2. The molecular weight excluding hydrogens is 368 g/mol. The molecule has 0 saturated carbocycles. The second-order valence-electron chi connectivity index (χ2n) is 7.23. The summed E-state index contributed by atoms with van der Waals surface area (Å²) < 4.78 is 24.5. The van der Waals surface area contributed by atoms with Crippen LogP contribution in [0.4, 0.5) is 5.69 Å². The molecule has 0 radical (unpaired) electrons. The Labute approximate surface area is 166 Å². The molecule has 0 bridgehead atoms. The van der Waals surface area contributed by atoms with E-state index in [2.05, 4.69) is 29.2 Å². The van der Waals surface area contributed by atoms with Gasteiger partial charge in [-0.2, -0.15) is 0 Å². The number of piperidine rings is 1. The molecule has 3 aromatic rings. The van der Waals surface area contributed by atoms with Crippen molar-refractivity contribution in [2.75, 3.05) is 18.0 Å². The van der Waals surface area contributed by atoms with E-state index < -0.39 is 10.0 Å². The van der Waals surface area contributed by atoms with Gasteiger partial charge in [0.25, 0.3) is 0 Å². The summed E-state index contributed by atoms with van der Waals surface area (Å²) in [6.07, 6.45) is 2.08. The lowest BCUT2D eigenvalue weighted by Gasteiger charge is -2.35. The van der Waals surface area contributed by atoms with E-state index >= 15 is 0 Å². The predicted octanol–water partition coefficient (Wildman–Crippen LogP) is 4.39. The zero-order valence-electron chi connectivity index (χ0n) is 15.7. The second kappa shape index (κ2) is 7.78. The maximum absolute atomic E-state index is 12.3. The van der Waals surface area contributed by atoms with Crippen LogP contribution in [0.25, 0.3) is 11.1 Å². The van der Waals surface area contributed by atoms with E-state index in [0.29, 0.717) is 11.5 Å². The highest BCUT2D eigenvalue weighted by Crippen LogP contribution is 2.39. The van der Waals surface area contributed by atoms with Crippen molar-refractivity contribution in [3.05, 3.63) is 84.4 Å². The summed E-state index contributed by atoms with van der Waals surface area (Å²) in [4.78, 5) is 2.47. The molecule has 0 atom stereocenters. The molecule has 3 aromatic carbocycles.